The van der Waals surface area contributed by atoms with Crippen LogP contribution in [0.4, 0.5) is 4.79 Å². The minimum Gasteiger partial charge on any atom is -0.350 e. The summed E-state index contributed by atoms with van der Waals surface area (Å²) in [6.07, 6.45) is 1.43. The Bertz CT molecular complexity index is 675. The maximum atomic E-state index is 10.6. The molecule has 3 N–H and O–H groups in total. The molecule has 7 heteroatoms. The van der Waals surface area contributed by atoms with Crippen molar-refractivity contribution >= 4 is 23.8 Å². The van der Waals surface area contributed by atoms with Crippen LogP contribution in [0, 0.1) is 13.8 Å². The van der Waals surface area contributed by atoms with Crippen molar-refractivity contribution in [3.8, 4) is 0 Å². The monoisotopic (exact) mass is 305 g/mol. The Morgan fingerprint density at radius 3 is 2.71 bits per heavy atom. The van der Waals surface area contributed by atoms with Gasteiger partial charge in [-0.2, -0.15) is 10.2 Å². The highest BCUT2D eigenvalue weighted by Gasteiger charge is 2.12. The Morgan fingerprint density at radius 2 is 2.10 bits per heavy atom. The molecular weight excluding hydrogens is 290 g/mol. The summed E-state index contributed by atoms with van der Waals surface area (Å²) in [7, 11) is 0. The SMILES string of the molecule is Cc1ccc(Cn2nc(C)c(/C=N\NC(N)=O)c2Cl)cc1. The van der Waals surface area contributed by atoms with Crippen molar-refractivity contribution in [2.75, 3.05) is 0 Å². The Balaban J connectivity index is 2.20. The first kappa shape index (κ1) is 15.1. The lowest BCUT2D eigenvalue weighted by molar-refractivity contribution is 0.249. The van der Waals surface area contributed by atoms with Gasteiger partial charge in [-0.1, -0.05) is 41.4 Å². The van der Waals surface area contributed by atoms with Crippen LogP contribution in [0.1, 0.15) is 22.4 Å². The molecule has 1 aromatic heterocycles. The molecule has 2 rings (SSSR count). The van der Waals surface area contributed by atoms with Crippen molar-refractivity contribution < 1.29 is 4.79 Å². The summed E-state index contributed by atoms with van der Waals surface area (Å²) in [4.78, 5) is 10.6. The van der Waals surface area contributed by atoms with E-state index in [0.717, 1.165) is 11.3 Å². The third-order valence-corrected chi connectivity index (χ3v) is 3.33. The lowest BCUT2D eigenvalue weighted by Gasteiger charge is -2.04. The van der Waals surface area contributed by atoms with E-state index in [0.29, 0.717) is 17.3 Å². The minimum absolute atomic E-state index is 0.461. The van der Waals surface area contributed by atoms with E-state index < -0.39 is 6.03 Å². The molecular formula is C14H16ClN5O. The number of hydrogen-bond donors (Lipinski definition) is 2. The first-order valence-electron chi connectivity index (χ1n) is 6.34. The predicted octanol–water partition coefficient (Wildman–Crippen LogP) is 2.20. The molecule has 0 fully saturated rings. The number of aryl methyl sites for hydroxylation is 2. The van der Waals surface area contributed by atoms with Gasteiger partial charge in [-0.15, -0.1) is 0 Å². The normalized spacial score (nSPS) is 11.0. The highest BCUT2D eigenvalue weighted by atomic mass is 35.5. The van der Waals surface area contributed by atoms with E-state index in [-0.39, 0.29) is 0 Å². The Labute approximate surface area is 127 Å². The molecule has 0 atom stereocenters. The molecule has 2 amide bonds. The van der Waals surface area contributed by atoms with Crippen LogP contribution in [0.25, 0.3) is 0 Å². The fourth-order valence-electron chi connectivity index (χ4n) is 1.85. The average molecular weight is 306 g/mol. The Morgan fingerprint density at radius 1 is 1.43 bits per heavy atom. The van der Waals surface area contributed by atoms with Gasteiger partial charge in [-0.3, -0.25) is 0 Å². The second-order valence-corrected chi connectivity index (χ2v) is 5.03. The lowest BCUT2D eigenvalue weighted by atomic mass is 10.1. The molecule has 0 aliphatic carbocycles. The van der Waals surface area contributed by atoms with Gasteiger partial charge in [0.1, 0.15) is 5.15 Å². The maximum Gasteiger partial charge on any atom is 0.332 e. The number of rotatable bonds is 4. The molecule has 0 radical (unpaired) electrons. The molecule has 0 saturated carbocycles. The summed E-state index contributed by atoms with van der Waals surface area (Å²) in [6.45, 7) is 4.43. The van der Waals surface area contributed by atoms with Gasteiger partial charge in [0.25, 0.3) is 0 Å². The molecule has 0 spiro atoms. The van der Waals surface area contributed by atoms with Gasteiger partial charge >= 0.3 is 6.03 Å². The number of urea groups is 1. The third-order valence-electron chi connectivity index (χ3n) is 2.93. The van der Waals surface area contributed by atoms with Crippen LogP contribution < -0.4 is 11.2 Å². The van der Waals surface area contributed by atoms with Gasteiger partial charge < -0.3 is 5.73 Å². The zero-order valence-corrected chi connectivity index (χ0v) is 12.6. The smallest absolute Gasteiger partial charge is 0.332 e. The number of nitrogens with two attached hydrogens (primary N) is 1. The Kier molecular flexibility index (Phi) is 4.59. The molecule has 6 nitrogen and oxygen atoms in total. The second kappa shape index (κ2) is 6.41. The molecule has 0 bridgehead atoms. The number of primary amides is 1. The van der Waals surface area contributed by atoms with Crippen LogP contribution in [0.3, 0.4) is 0 Å². The predicted molar refractivity (Wildman–Crippen MR) is 82.6 cm³/mol. The topological polar surface area (TPSA) is 85.3 Å². The Hall–Kier alpha value is -2.34. The average Bonchev–Trinajstić information content (AvgIpc) is 2.68. The van der Waals surface area contributed by atoms with Crippen molar-refractivity contribution in [2.45, 2.75) is 20.4 Å². The molecule has 0 aliphatic rings. The zero-order valence-electron chi connectivity index (χ0n) is 11.8. The molecule has 0 saturated heterocycles. The highest BCUT2D eigenvalue weighted by molar-refractivity contribution is 6.32. The second-order valence-electron chi connectivity index (χ2n) is 4.67. The van der Waals surface area contributed by atoms with E-state index in [1.54, 1.807) is 4.68 Å². The van der Waals surface area contributed by atoms with Gasteiger partial charge in [0, 0.05) is 0 Å². The number of hydrazone groups is 1. The van der Waals surface area contributed by atoms with E-state index >= 15 is 0 Å². The first-order chi connectivity index (χ1) is 9.97. The van der Waals surface area contributed by atoms with E-state index in [9.17, 15) is 4.79 Å². The summed E-state index contributed by atoms with van der Waals surface area (Å²) in [5.41, 5.74) is 10.7. The van der Waals surface area contributed by atoms with Crippen molar-refractivity contribution in [3.63, 3.8) is 0 Å². The van der Waals surface area contributed by atoms with Crippen LogP contribution >= 0.6 is 11.6 Å². The number of nitrogens with one attached hydrogen (secondary N) is 1. The number of hydrogen-bond acceptors (Lipinski definition) is 3. The van der Waals surface area contributed by atoms with Gasteiger partial charge in [-0.25, -0.2) is 14.9 Å². The number of nitrogens with zero attached hydrogens (tertiary/aromatic N) is 3. The van der Waals surface area contributed by atoms with Crippen molar-refractivity contribution in [2.24, 2.45) is 10.8 Å². The molecule has 2 aromatic rings. The lowest BCUT2D eigenvalue weighted by Crippen LogP contribution is -2.24. The number of carbonyl (C=O) groups excluding carboxylic acids is 1. The van der Waals surface area contributed by atoms with Gasteiger partial charge in [0.2, 0.25) is 0 Å². The first-order valence-corrected chi connectivity index (χ1v) is 6.72. The van der Waals surface area contributed by atoms with Gasteiger partial charge in [0.15, 0.2) is 0 Å². The van der Waals surface area contributed by atoms with E-state index in [4.69, 9.17) is 17.3 Å². The number of benzene rings is 1. The van der Waals surface area contributed by atoms with Crippen LogP contribution in [0.2, 0.25) is 5.15 Å². The fraction of sp³-hybridized carbons (Fsp3) is 0.214. The van der Waals surface area contributed by atoms with Crippen molar-refractivity contribution in [1.82, 2.24) is 15.2 Å². The number of aromatic nitrogens is 2. The van der Waals surface area contributed by atoms with Crippen LogP contribution in [-0.4, -0.2) is 22.0 Å². The number of amides is 2. The summed E-state index contributed by atoms with van der Waals surface area (Å²) in [5.74, 6) is 0. The zero-order chi connectivity index (χ0) is 15.4. The van der Waals surface area contributed by atoms with Crippen LogP contribution in [-0.2, 0) is 6.54 Å². The van der Waals surface area contributed by atoms with E-state index in [1.165, 1.54) is 11.8 Å². The largest absolute Gasteiger partial charge is 0.350 e. The summed E-state index contributed by atoms with van der Waals surface area (Å²) >= 11 is 6.29. The van der Waals surface area contributed by atoms with Crippen molar-refractivity contribution in [1.29, 1.82) is 0 Å². The van der Waals surface area contributed by atoms with Gasteiger partial charge in [-0.05, 0) is 19.4 Å². The highest BCUT2D eigenvalue weighted by Crippen LogP contribution is 2.19. The quantitative estimate of drug-likeness (QED) is 0.670. The molecule has 1 heterocycles. The van der Waals surface area contributed by atoms with E-state index in [2.05, 4.69) is 15.6 Å². The molecule has 0 aliphatic heterocycles. The number of carbonyl (C=O) groups is 1. The third kappa shape index (κ3) is 3.82. The minimum atomic E-state index is -0.730. The van der Waals surface area contributed by atoms with E-state index in [1.807, 2.05) is 38.1 Å². The summed E-state index contributed by atoms with van der Waals surface area (Å²) < 4.78 is 1.69. The summed E-state index contributed by atoms with van der Waals surface area (Å²) in [6, 6.07) is 7.42. The fourth-order valence-corrected chi connectivity index (χ4v) is 2.13. The summed E-state index contributed by atoms with van der Waals surface area (Å²) in [5, 5.41) is 8.54. The van der Waals surface area contributed by atoms with Crippen LogP contribution in [0.5, 0.6) is 0 Å². The molecule has 21 heavy (non-hydrogen) atoms. The van der Waals surface area contributed by atoms with Crippen molar-refractivity contribution in [3.05, 3.63) is 51.8 Å². The molecule has 110 valence electrons. The number of halogens is 1. The standard InChI is InChI=1S/C14H16ClN5O/c1-9-3-5-11(6-4-9)8-20-13(15)12(10(2)19-20)7-17-18-14(16)21/h3-7H,8H2,1-2H3,(H3,16,18,21)/b17-7-. The molecule has 0 unspecified atom stereocenters. The maximum absolute atomic E-state index is 10.6. The molecule has 1 aromatic carbocycles. The van der Waals surface area contributed by atoms with Gasteiger partial charge in [0.05, 0.1) is 24.0 Å². The van der Waals surface area contributed by atoms with Crippen LogP contribution in [0.15, 0.2) is 29.4 Å².